The van der Waals surface area contributed by atoms with Gasteiger partial charge >= 0.3 is 0 Å². The number of hydrogen-bond donors (Lipinski definition) is 1. The van der Waals surface area contributed by atoms with E-state index in [9.17, 15) is 4.79 Å². The van der Waals surface area contributed by atoms with Crippen LogP contribution in [-0.4, -0.2) is 68.1 Å². The summed E-state index contributed by atoms with van der Waals surface area (Å²) in [6.07, 6.45) is 0.967. The van der Waals surface area contributed by atoms with Gasteiger partial charge in [-0.15, -0.1) is 0 Å². The third kappa shape index (κ3) is 6.13. The van der Waals surface area contributed by atoms with E-state index in [-0.39, 0.29) is 5.91 Å². The van der Waals surface area contributed by atoms with Crippen LogP contribution in [0.5, 0.6) is 5.75 Å². The highest BCUT2D eigenvalue weighted by atomic mass is 35.5. The number of carbonyl (C=O) groups excluding carboxylic acids is 1. The quantitative estimate of drug-likeness (QED) is 0.760. The van der Waals surface area contributed by atoms with Crippen molar-refractivity contribution < 1.29 is 9.53 Å². The first-order valence-corrected chi connectivity index (χ1v) is 9.14. The fraction of sp³-hybridized carbons (Fsp3) is 0.588. The van der Waals surface area contributed by atoms with Crippen LogP contribution >= 0.6 is 23.2 Å². The number of halogens is 2. The number of hydrogen-bond acceptors (Lipinski definition) is 4. The van der Waals surface area contributed by atoms with Crippen molar-refractivity contribution >= 4 is 29.1 Å². The Morgan fingerprint density at radius 1 is 1.17 bits per heavy atom. The number of ether oxygens (including phenoxy) is 1. The van der Waals surface area contributed by atoms with Crippen LogP contribution in [0.2, 0.25) is 10.0 Å². The van der Waals surface area contributed by atoms with Gasteiger partial charge in [-0.3, -0.25) is 14.6 Å². The molecule has 134 valence electrons. The molecule has 1 aliphatic rings. The summed E-state index contributed by atoms with van der Waals surface area (Å²) in [5.74, 6) is 0.661. The number of carbonyl (C=O) groups is 1. The smallest absolute Gasteiger partial charge is 0.234 e. The summed E-state index contributed by atoms with van der Waals surface area (Å²) in [5.41, 5.74) is 0. The zero-order valence-electron chi connectivity index (χ0n) is 14.1. The van der Waals surface area contributed by atoms with Gasteiger partial charge in [0.2, 0.25) is 5.91 Å². The maximum atomic E-state index is 11.7. The molecule has 1 aromatic rings. The van der Waals surface area contributed by atoms with E-state index in [0.29, 0.717) is 28.9 Å². The van der Waals surface area contributed by atoms with E-state index in [2.05, 4.69) is 22.0 Å². The summed E-state index contributed by atoms with van der Waals surface area (Å²) in [4.78, 5) is 16.2. The number of piperazine rings is 1. The van der Waals surface area contributed by atoms with Gasteiger partial charge in [-0.1, -0.05) is 36.2 Å². The van der Waals surface area contributed by atoms with E-state index in [0.717, 1.165) is 45.7 Å². The Morgan fingerprint density at radius 2 is 1.79 bits per heavy atom. The molecule has 1 fully saturated rings. The fourth-order valence-corrected chi connectivity index (χ4v) is 3.10. The van der Waals surface area contributed by atoms with Gasteiger partial charge in [-0.05, 0) is 18.6 Å². The minimum absolute atomic E-state index is 0.113. The van der Waals surface area contributed by atoms with E-state index in [1.54, 1.807) is 18.2 Å². The largest absolute Gasteiger partial charge is 0.489 e. The molecule has 0 aliphatic carbocycles. The second-order valence-corrected chi connectivity index (χ2v) is 6.68. The lowest BCUT2D eigenvalue weighted by Crippen LogP contribution is -2.50. The number of benzene rings is 1. The maximum absolute atomic E-state index is 11.7. The van der Waals surface area contributed by atoms with Crippen LogP contribution < -0.4 is 10.1 Å². The average molecular weight is 374 g/mol. The van der Waals surface area contributed by atoms with Crippen LogP contribution in [0.3, 0.4) is 0 Å². The summed E-state index contributed by atoms with van der Waals surface area (Å²) in [5, 5.41) is 3.98. The Hall–Kier alpha value is -1.01. The van der Waals surface area contributed by atoms with Crippen molar-refractivity contribution in [1.82, 2.24) is 15.1 Å². The minimum atomic E-state index is 0.113. The number of nitrogens with one attached hydrogen (secondary N) is 1. The standard InChI is InChI=1S/C17H25Cl2N3O2/c1-2-6-20-16(23)13-22-9-7-21(8-10-22)11-12-24-17-14(18)4-3-5-15(17)19/h3-5H,2,6-13H2,1H3,(H,20,23). The van der Waals surface area contributed by atoms with Crippen LogP contribution in [0.4, 0.5) is 0 Å². The molecule has 0 aromatic heterocycles. The van der Waals surface area contributed by atoms with Gasteiger partial charge in [0.25, 0.3) is 0 Å². The highest BCUT2D eigenvalue weighted by Gasteiger charge is 2.18. The van der Waals surface area contributed by atoms with Crippen LogP contribution in [0.25, 0.3) is 0 Å². The summed E-state index contributed by atoms with van der Waals surface area (Å²) in [6, 6.07) is 5.34. The van der Waals surface area contributed by atoms with Gasteiger partial charge in [-0.2, -0.15) is 0 Å². The summed E-state index contributed by atoms with van der Waals surface area (Å²) in [7, 11) is 0. The molecular weight excluding hydrogens is 349 g/mol. The number of nitrogens with zero attached hydrogens (tertiary/aromatic N) is 2. The maximum Gasteiger partial charge on any atom is 0.234 e. The Morgan fingerprint density at radius 3 is 2.42 bits per heavy atom. The molecule has 1 aromatic carbocycles. The highest BCUT2D eigenvalue weighted by Crippen LogP contribution is 2.32. The first-order chi connectivity index (χ1) is 11.6. The normalized spacial score (nSPS) is 16.1. The molecule has 0 unspecified atom stereocenters. The van der Waals surface area contributed by atoms with Gasteiger partial charge < -0.3 is 10.1 Å². The van der Waals surface area contributed by atoms with E-state index < -0.39 is 0 Å². The molecule has 1 N–H and O–H groups in total. The molecule has 24 heavy (non-hydrogen) atoms. The van der Waals surface area contributed by atoms with Gasteiger partial charge in [0.15, 0.2) is 5.75 Å². The van der Waals surface area contributed by atoms with Crippen molar-refractivity contribution in [1.29, 1.82) is 0 Å². The second kappa shape index (κ2) is 10.1. The molecule has 2 rings (SSSR count). The molecule has 0 radical (unpaired) electrons. The van der Waals surface area contributed by atoms with Crippen LogP contribution in [0.1, 0.15) is 13.3 Å². The predicted octanol–water partition coefficient (Wildman–Crippen LogP) is 2.52. The molecule has 1 heterocycles. The topological polar surface area (TPSA) is 44.8 Å². The lowest BCUT2D eigenvalue weighted by molar-refractivity contribution is -0.122. The van der Waals surface area contributed by atoms with Crippen LogP contribution in [0.15, 0.2) is 18.2 Å². The van der Waals surface area contributed by atoms with Crippen LogP contribution in [0, 0.1) is 0 Å². The molecule has 0 atom stereocenters. The summed E-state index contributed by atoms with van der Waals surface area (Å²) in [6.45, 7) is 8.30. The van der Waals surface area contributed by atoms with Crippen molar-refractivity contribution in [2.45, 2.75) is 13.3 Å². The van der Waals surface area contributed by atoms with Gasteiger partial charge in [0.05, 0.1) is 16.6 Å². The first-order valence-electron chi connectivity index (χ1n) is 8.38. The summed E-state index contributed by atoms with van der Waals surface area (Å²) < 4.78 is 5.72. The third-order valence-corrected chi connectivity index (χ3v) is 4.57. The zero-order valence-corrected chi connectivity index (χ0v) is 15.6. The van der Waals surface area contributed by atoms with E-state index >= 15 is 0 Å². The SMILES string of the molecule is CCCNC(=O)CN1CCN(CCOc2c(Cl)cccc2Cl)CC1. The second-order valence-electron chi connectivity index (χ2n) is 5.87. The van der Waals surface area contributed by atoms with E-state index in [1.165, 1.54) is 0 Å². The minimum Gasteiger partial charge on any atom is -0.489 e. The molecule has 0 saturated carbocycles. The van der Waals surface area contributed by atoms with Crippen molar-refractivity contribution in [3.8, 4) is 5.75 Å². The average Bonchev–Trinajstić information content (AvgIpc) is 2.57. The molecule has 5 nitrogen and oxygen atoms in total. The monoisotopic (exact) mass is 373 g/mol. The number of amides is 1. The Labute approximate surface area is 153 Å². The van der Waals surface area contributed by atoms with Crippen LogP contribution in [-0.2, 0) is 4.79 Å². The first kappa shape index (κ1) is 19.3. The van der Waals surface area contributed by atoms with Crippen molar-refractivity contribution in [2.24, 2.45) is 0 Å². The Kier molecular flexibility index (Phi) is 8.12. The van der Waals surface area contributed by atoms with Crippen molar-refractivity contribution in [3.05, 3.63) is 28.2 Å². The highest BCUT2D eigenvalue weighted by molar-refractivity contribution is 6.37. The molecule has 1 aliphatic heterocycles. The Bertz CT molecular complexity index is 514. The van der Waals surface area contributed by atoms with Gasteiger partial charge in [-0.25, -0.2) is 0 Å². The lowest BCUT2D eigenvalue weighted by atomic mass is 10.3. The number of rotatable bonds is 8. The fourth-order valence-electron chi connectivity index (χ4n) is 2.59. The lowest BCUT2D eigenvalue weighted by Gasteiger charge is -2.34. The Balaban J connectivity index is 1.65. The molecule has 7 heteroatoms. The predicted molar refractivity (Wildman–Crippen MR) is 98.1 cm³/mol. The molecule has 1 amide bonds. The molecular formula is C17H25Cl2N3O2. The van der Waals surface area contributed by atoms with Gasteiger partial charge in [0, 0.05) is 39.3 Å². The van der Waals surface area contributed by atoms with Crippen molar-refractivity contribution in [3.63, 3.8) is 0 Å². The van der Waals surface area contributed by atoms with Gasteiger partial charge in [0.1, 0.15) is 6.61 Å². The summed E-state index contributed by atoms with van der Waals surface area (Å²) >= 11 is 12.2. The molecule has 1 saturated heterocycles. The molecule has 0 spiro atoms. The number of para-hydroxylation sites is 1. The zero-order chi connectivity index (χ0) is 17.4. The van der Waals surface area contributed by atoms with E-state index in [1.807, 2.05) is 0 Å². The van der Waals surface area contributed by atoms with Crippen molar-refractivity contribution in [2.75, 3.05) is 52.4 Å². The molecule has 0 bridgehead atoms. The third-order valence-electron chi connectivity index (χ3n) is 3.98. The van der Waals surface area contributed by atoms with E-state index in [4.69, 9.17) is 27.9 Å².